The zero-order valence-electron chi connectivity index (χ0n) is 9.18. The Hall–Kier alpha value is -0.580. The molecular formula is C11H15ClN2OS. The molecule has 1 aliphatic rings. The predicted octanol–water partition coefficient (Wildman–Crippen LogP) is 2.19. The summed E-state index contributed by atoms with van der Waals surface area (Å²) in [4.78, 5) is 12.6. The van der Waals surface area contributed by atoms with Gasteiger partial charge >= 0.3 is 0 Å². The van der Waals surface area contributed by atoms with Crippen LogP contribution < -0.4 is 10.6 Å². The first-order valence-electron chi connectivity index (χ1n) is 5.43. The highest BCUT2D eigenvalue weighted by Gasteiger charge is 2.19. The number of carbonyl (C=O) groups excluding carboxylic acids is 1. The van der Waals surface area contributed by atoms with Crippen molar-refractivity contribution in [2.24, 2.45) is 0 Å². The lowest BCUT2D eigenvalue weighted by atomic mass is 10.1. The number of amides is 1. The van der Waals surface area contributed by atoms with Crippen LogP contribution in [0.4, 0.5) is 0 Å². The number of piperidine rings is 1. The minimum absolute atomic E-state index is 0.0446. The Kier molecular flexibility index (Phi) is 3.84. The molecule has 3 nitrogen and oxygen atoms in total. The summed E-state index contributed by atoms with van der Waals surface area (Å²) in [5.74, 6) is -0.0446. The van der Waals surface area contributed by atoms with E-state index in [0.717, 1.165) is 31.5 Å². The lowest BCUT2D eigenvalue weighted by Gasteiger charge is -2.23. The van der Waals surface area contributed by atoms with Crippen molar-refractivity contribution in [1.82, 2.24) is 10.6 Å². The Morgan fingerprint density at radius 1 is 1.69 bits per heavy atom. The van der Waals surface area contributed by atoms with Gasteiger partial charge in [0.05, 0.1) is 5.02 Å². The van der Waals surface area contributed by atoms with Crippen molar-refractivity contribution in [2.75, 3.05) is 13.1 Å². The van der Waals surface area contributed by atoms with Crippen molar-refractivity contribution in [2.45, 2.75) is 25.8 Å². The number of carbonyl (C=O) groups is 1. The van der Waals surface area contributed by atoms with Crippen LogP contribution in [0.25, 0.3) is 0 Å². The molecule has 1 aromatic rings. The molecule has 0 aromatic carbocycles. The number of thiophene rings is 1. The molecule has 0 bridgehead atoms. The van der Waals surface area contributed by atoms with Gasteiger partial charge in [-0.15, -0.1) is 11.3 Å². The molecule has 2 rings (SSSR count). The highest BCUT2D eigenvalue weighted by molar-refractivity contribution is 7.13. The van der Waals surface area contributed by atoms with Gasteiger partial charge in [-0.2, -0.15) is 0 Å². The van der Waals surface area contributed by atoms with E-state index in [1.165, 1.54) is 11.3 Å². The van der Waals surface area contributed by atoms with Crippen LogP contribution in [0.1, 0.15) is 28.1 Å². The van der Waals surface area contributed by atoms with E-state index in [1.54, 1.807) is 0 Å². The average molecular weight is 259 g/mol. The van der Waals surface area contributed by atoms with Gasteiger partial charge in [-0.1, -0.05) is 11.6 Å². The molecule has 2 heterocycles. The van der Waals surface area contributed by atoms with Crippen molar-refractivity contribution in [1.29, 1.82) is 0 Å². The summed E-state index contributed by atoms with van der Waals surface area (Å²) in [5, 5.41) is 8.78. The van der Waals surface area contributed by atoms with Crippen molar-refractivity contribution < 1.29 is 4.79 Å². The molecule has 1 aliphatic heterocycles. The highest BCUT2D eigenvalue weighted by Crippen LogP contribution is 2.27. The molecule has 1 aromatic heterocycles. The first-order chi connectivity index (χ1) is 7.68. The van der Waals surface area contributed by atoms with E-state index < -0.39 is 0 Å². The van der Waals surface area contributed by atoms with Crippen LogP contribution in [0.3, 0.4) is 0 Å². The first kappa shape index (κ1) is 11.9. The number of hydrogen-bond acceptors (Lipinski definition) is 3. The van der Waals surface area contributed by atoms with E-state index in [9.17, 15) is 4.79 Å². The normalized spacial score (nSPS) is 20.8. The number of nitrogens with one attached hydrogen (secondary N) is 2. The van der Waals surface area contributed by atoms with Gasteiger partial charge < -0.3 is 10.6 Å². The third-order valence-electron chi connectivity index (χ3n) is 2.74. The standard InChI is InChI=1S/C11H15ClN2OS/c1-7-6-16-10(9(7)12)11(15)14-8-3-2-4-13-5-8/h6,8,13H,2-5H2,1H3,(H,14,15)/t8-/m0/s1. The molecule has 16 heavy (non-hydrogen) atoms. The number of hydrogen-bond donors (Lipinski definition) is 2. The Balaban J connectivity index is 1.99. The van der Waals surface area contributed by atoms with Gasteiger partial charge in [0.25, 0.3) is 5.91 Å². The lowest BCUT2D eigenvalue weighted by molar-refractivity contribution is 0.0935. The number of rotatable bonds is 2. The molecule has 0 spiro atoms. The maximum absolute atomic E-state index is 11.9. The first-order valence-corrected chi connectivity index (χ1v) is 6.69. The molecule has 1 amide bonds. The fraction of sp³-hybridized carbons (Fsp3) is 0.545. The molecule has 1 atom stereocenters. The monoisotopic (exact) mass is 258 g/mol. The molecule has 1 fully saturated rings. The Morgan fingerprint density at radius 2 is 2.50 bits per heavy atom. The van der Waals surface area contributed by atoms with Gasteiger partial charge in [0.1, 0.15) is 4.88 Å². The fourth-order valence-electron chi connectivity index (χ4n) is 1.81. The summed E-state index contributed by atoms with van der Waals surface area (Å²) in [5.41, 5.74) is 0.971. The minimum Gasteiger partial charge on any atom is -0.347 e. The van der Waals surface area contributed by atoms with Gasteiger partial charge in [-0.25, -0.2) is 0 Å². The Morgan fingerprint density at radius 3 is 3.06 bits per heavy atom. The van der Waals surface area contributed by atoms with Crippen molar-refractivity contribution in [3.8, 4) is 0 Å². The summed E-state index contributed by atoms with van der Waals surface area (Å²) in [6.07, 6.45) is 2.16. The van der Waals surface area contributed by atoms with Crippen LogP contribution in [-0.4, -0.2) is 25.0 Å². The second-order valence-corrected chi connectivity index (χ2v) is 5.34. The van der Waals surface area contributed by atoms with Crippen molar-refractivity contribution in [3.63, 3.8) is 0 Å². The van der Waals surface area contributed by atoms with Gasteiger partial charge in [-0.05, 0) is 37.3 Å². The van der Waals surface area contributed by atoms with E-state index in [2.05, 4.69) is 10.6 Å². The van der Waals surface area contributed by atoms with Crippen LogP contribution in [0.15, 0.2) is 5.38 Å². The molecule has 0 radical (unpaired) electrons. The van der Waals surface area contributed by atoms with Gasteiger partial charge in [0.15, 0.2) is 0 Å². The van der Waals surface area contributed by atoms with Gasteiger partial charge in [0, 0.05) is 12.6 Å². The van der Waals surface area contributed by atoms with Crippen LogP contribution in [0.2, 0.25) is 5.02 Å². The van der Waals surface area contributed by atoms with E-state index in [-0.39, 0.29) is 11.9 Å². The predicted molar refractivity (Wildman–Crippen MR) is 67.4 cm³/mol. The maximum Gasteiger partial charge on any atom is 0.263 e. The Labute approximate surface area is 104 Å². The summed E-state index contributed by atoms with van der Waals surface area (Å²) in [6, 6.07) is 0.236. The van der Waals surface area contributed by atoms with Gasteiger partial charge in [-0.3, -0.25) is 4.79 Å². The van der Waals surface area contributed by atoms with Crippen LogP contribution in [-0.2, 0) is 0 Å². The zero-order valence-corrected chi connectivity index (χ0v) is 10.8. The largest absolute Gasteiger partial charge is 0.347 e. The molecule has 0 unspecified atom stereocenters. The molecule has 0 aliphatic carbocycles. The number of halogens is 1. The van der Waals surface area contributed by atoms with Gasteiger partial charge in [0.2, 0.25) is 0 Å². The second kappa shape index (κ2) is 5.17. The summed E-state index contributed by atoms with van der Waals surface area (Å²) in [6.45, 7) is 3.82. The van der Waals surface area contributed by atoms with Crippen LogP contribution in [0.5, 0.6) is 0 Å². The van der Waals surface area contributed by atoms with E-state index in [4.69, 9.17) is 11.6 Å². The molecular weight excluding hydrogens is 244 g/mol. The number of aryl methyl sites for hydroxylation is 1. The summed E-state index contributed by atoms with van der Waals surface area (Å²) in [7, 11) is 0. The zero-order chi connectivity index (χ0) is 11.5. The summed E-state index contributed by atoms with van der Waals surface area (Å²) >= 11 is 7.46. The maximum atomic E-state index is 11.9. The van der Waals surface area contributed by atoms with Crippen LogP contribution in [0, 0.1) is 6.92 Å². The quantitative estimate of drug-likeness (QED) is 0.854. The molecule has 88 valence electrons. The van der Waals surface area contributed by atoms with Crippen LogP contribution >= 0.6 is 22.9 Å². The SMILES string of the molecule is Cc1csc(C(=O)N[C@H]2CCCNC2)c1Cl. The second-order valence-electron chi connectivity index (χ2n) is 4.08. The van der Waals surface area contributed by atoms with E-state index in [1.807, 2.05) is 12.3 Å². The van der Waals surface area contributed by atoms with Crippen molar-refractivity contribution in [3.05, 3.63) is 20.8 Å². The highest BCUT2D eigenvalue weighted by atomic mass is 35.5. The smallest absolute Gasteiger partial charge is 0.263 e. The fourth-order valence-corrected chi connectivity index (χ4v) is 2.99. The molecule has 0 saturated carbocycles. The van der Waals surface area contributed by atoms with Crippen molar-refractivity contribution >= 4 is 28.8 Å². The average Bonchev–Trinajstić information content (AvgIpc) is 2.61. The Bertz CT molecular complexity index is 385. The lowest BCUT2D eigenvalue weighted by Crippen LogP contribution is -2.45. The third kappa shape index (κ3) is 2.56. The van der Waals surface area contributed by atoms with E-state index >= 15 is 0 Å². The van der Waals surface area contributed by atoms with E-state index in [0.29, 0.717) is 9.90 Å². The topological polar surface area (TPSA) is 41.1 Å². The third-order valence-corrected chi connectivity index (χ3v) is 4.43. The molecule has 1 saturated heterocycles. The minimum atomic E-state index is -0.0446. The molecule has 2 N–H and O–H groups in total. The molecule has 5 heteroatoms. The summed E-state index contributed by atoms with van der Waals surface area (Å²) < 4.78 is 0.